The summed E-state index contributed by atoms with van der Waals surface area (Å²) in [7, 11) is 1.46. The number of carboxylic acids is 1. The number of hydrogen-bond donors (Lipinski definition) is 2. The summed E-state index contributed by atoms with van der Waals surface area (Å²) < 4.78 is 5.12. The molecule has 0 amide bonds. The Labute approximate surface area is 143 Å². The molecule has 1 fully saturated rings. The molecule has 0 saturated carbocycles. The number of benzene rings is 1. The van der Waals surface area contributed by atoms with Gasteiger partial charge in [0.1, 0.15) is 6.04 Å². The summed E-state index contributed by atoms with van der Waals surface area (Å²) in [5.74, 6) is 0.0253. The van der Waals surface area contributed by atoms with E-state index in [4.69, 9.17) is 4.74 Å². The molecule has 0 bridgehead atoms. The molecule has 1 aliphatic heterocycles. The maximum absolute atomic E-state index is 11.9. The van der Waals surface area contributed by atoms with Gasteiger partial charge in [0.25, 0.3) is 0 Å². The van der Waals surface area contributed by atoms with E-state index in [2.05, 4.69) is 25.7 Å². The van der Waals surface area contributed by atoms with Gasteiger partial charge in [-0.05, 0) is 30.5 Å². The van der Waals surface area contributed by atoms with E-state index in [1.165, 1.54) is 13.2 Å². The van der Waals surface area contributed by atoms with Crippen LogP contribution in [0.5, 0.6) is 11.5 Å². The SMILES string of the molecule is COc1cc(C(C(=O)O)N2CCN(CC(C)C)CC2C)ccc1O. The maximum atomic E-state index is 11.9. The number of nitrogens with zero attached hydrogens (tertiary/aromatic N) is 2. The van der Waals surface area contributed by atoms with Crippen LogP contribution in [0, 0.1) is 5.92 Å². The molecule has 0 radical (unpaired) electrons. The van der Waals surface area contributed by atoms with Crippen molar-refractivity contribution in [2.75, 3.05) is 33.3 Å². The fourth-order valence-electron chi connectivity index (χ4n) is 3.45. The molecule has 1 heterocycles. The standard InChI is InChI=1S/C18H28N2O4/c1-12(2)10-19-7-8-20(13(3)11-19)17(18(22)23)14-5-6-15(21)16(9-14)24-4/h5-6,9,12-13,17,21H,7-8,10-11H2,1-4H3,(H,22,23). The van der Waals surface area contributed by atoms with Crippen LogP contribution in [0.4, 0.5) is 0 Å². The van der Waals surface area contributed by atoms with E-state index in [0.717, 1.165) is 19.6 Å². The predicted molar refractivity (Wildman–Crippen MR) is 92.5 cm³/mol. The van der Waals surface area contributed by atoms with Crippen LogP contribution >= 0.6 is 0 Å². The first-order chi connectivity index (χ1) is 11.3. The molecule has 2 rings (SSSR count). The van der Waals surface area contributed by atoms with Crippen LogP contribution in [0.1, 0.15) is 32.4 Å². The van der Waals surface area contributed by atoms with Crippen LogP contribution < -0.4 is 4.74 Å². The Morgan fingerprint density at radius 3 is 2.62 bits per heavy atom. The van der Waals surface area contributed by atoms with Crippen LogP contribution in [0.15, 0.2) is 18.2 Å². The Morgan fingerprint density at radius 1 is 1.38 bits per heavy atom. The molecule has 6 nitrogen and oxygen atoms in total. The number of rotatable bonds is 6. The van der Waals surface area contributed by atoms with Gasteiger partial charge >= 0.3 is 5.97 Å². The van der Waals surface area contributed by atoms with Gasteiger partial charge in [0.05, 0.1) is 7.11 Å². The molecule has 2 N–H and O–H groups in total. The van der Waals surface area contributed by atoms with Gasteiger partial charge in [-0.2, -0.15) is 0 Å². The molecule has 6 heteroatoms. The van der Waals surface area contributed by atoms with Crippen molar-refractivity contribution in [3.05, 3.63) is 23.8 Å². The molecule has 0 aromatic heterocycles. The smallest absolute Gasteiger partial charge is 0.325 e. The number of carboxylic acid groups (broad SMARTS) is 1. The topological polar surface area (TPSA) is 73.2 Å². The van der Waals surface area contributed by atoms with Gasteiger partial charge in [0, 0.05) is 32.2 Å². The van der Waals surface area contributed by atoms with E-state index in [-0.39, 0.29) is 11.8 Å². The number of piperazine rings is 1. The molecule has 1 aromatic rings. The number of phenolic OH excluding ortho intramolecular Hbond substituents is 1. The summed E-state index contributed by atoms with van der Waals surface area (Å²) in [4.78, 5) is 16.3. The van der Waals surface area contributed by atoms with Crippen LogP contribution in [0.3, 0.4) is 0 Å². The second-order valence-electron chi connectivity index (χ2n) is 6.91. The molecule has 1 aliphatic rings. The zero-order valence-corrected chi connectivity index (χ0v) is 14.9. The summed E-state index contributed by atoms with van der Waals surface area (Å²) in [6, 6.07) is 4.16. The molecule has 0 spiro atoms. The summed E-state index contributed by atoms with van der Waals surface area (Å²) >= 11 is 0. The highest BCUT2D eigenvalue weighted by Gasteiger charge is 2.35. The number of aliphatic carboxylic acids is 1. The van der Waals surface area contributed by atoms with Gasteiger partial charge < -0.3 is 19.8 Å². The molecule has 2 unspecified atom stereocenters. The van der Waals surface area contributed by atoms with Crippen molar-refractivity contribution in [3.8, 4) is 11.5 Å². The van der Waals surface area contributed by atoms with Gasteiger partial charge in [0.2, 0.25) is 0 Å². The van der Waals surface area contributed by atoms with Crippen molar-refractivity contribution < 1.29 is 19.7 Å². The lowest BCUT2D eigenvalue weighted by Gasteiger charge is -2.43. The van der Waals surface area contributed by atoms with Crippen molar-refractivity contribution in [1.82, 2.24) is 9.80 Å². The Balaban J connectivity index is 2.21. The first-order valence-electron chi connectivity index (χ1n) is 8.41. The largest absolute Gasteiger partial charge is 0.504 e. The van der Waals surface area contributed by atoms with E-state index in [9.17, 15) is 15.0 Å². The molecule has 1 saturated heterocycles. The summed E-state index contributed by atoms with van der Waals surface area (Å²) in [5, 5.41) is 19.5. The molecule has 2 atom stereocenters. The summed E-state index contributed by atoms with van der Waals surface area (Å²) in [6.45, 7) is 9.91. The van der Waals surface area contributed by atoms with E-state index in [0.29, 0.717) is 23.8 Å². The minimum Gasteiger partial charge on any atom is -0.504 e. The second-order valence-corrected chi connectivity index (χ2v) is 6.91. The first-order valence-corrected chi connectivity index (χ1v) is 8.41. The zero-order valence-electron chi connectivity index (χ0n) is 14.9. The monoisotopic (exact) mass is 336 g/mol. The molecule has 1 aromatic carbocycles. The minimum absolute atomic E-state index is 0.0141. The highest BCUT2D eigenvalue weighted by molar-refractivity contribution is 5.76. The third kappa shape index (κ3) is 4.19. The van der Waals surface area contributed by atoms with Gasteiger partial charge in [0.15, 0.2) is 11.5 Å². The first kappa shape index (κ1) is 18.5. The number of ether oxygens (including phenoxy) is 1. The maximum Gasteiger partial charge on any atom is 0.325 e. The van der Waals surface area contributed by atoms with Crippen molar-refractivity contribution >= 4 is 5.97 Å². The zero-order chi connectivity index (χ0) is 17.9. The predicted octanol–water partition coefficient (Wildman–Crippen LogP) is 2.19. The minimum atomic E-state index is -0.882. The summed E-state index contributed by atoms with van der Waals surface area (Å²) in [5.41, 5.74) is 0.626. The van der Waals surface area contributed by atoms with Crippen molar-refractivity contribution in [3.63, 3.8) is 0 Å². The lowest BCUT2D eigenvalue weighted by Crippen LogP contribution is -2.54. The fourth-order valence-corrected chi connectivity index (χ4v) is 3.45. The van der Waals surface area contributed by atoms with E-state index >= 15 is 0 Å². The Kier molecular flexibility index (Phi) is 6.07. The third-order valence-electron chi connectivity index (χ3n) is 4.47. The average molecular weight is 336 g/mol. The van der Waals surface area contributed by atoms with Crippen LogP contribution in [-0.4, -0.2) is 65.3 Å². The molecule has 134 valence electrons. The van der Waals surface area contributed by atoms with Crippen LogP contribution in [0.2, 0.25) is 0 Å². The van der Waals surface area contributed by atoms with Gasteiger partial charge in [-0.3, -0.25) is 9.69 Å². The lowest BCUT2D eigenvalue weighted by atomic mass is 10.0. The number of hydrogen-bond acceptors (Lipinski definition) is 5. The molecular formula is C18H28N2O4. The number of phenols is 1. The quantitative estimate of drug-likeness (QED) is 0.830. The number of aromatic hydroxyl groups is 1. The van der Waals surface area contributed by atoms with Crippen LogP contribution in [-0.2, 0) is 4.79 Å². The summed E-state index contributed by atoms with van der Waals surface area (Å²) in [6.07, 6.45) is 0. The van der Waals surface area contributed by atoms with Crippen LogP contribution in [0.25, 0.3) is 0 Å². The normalized spacial score (nSPS) is 21.0. The second kappa shape index (κ2) is 7.85. The lowest BCUT2D eigenvalue weighted by molar-refractivity contribution is -0.145. The third-order valence-corrected chi connectivity index (χ3v) is 4.47. The molecular weight excluding hydrogens is 308 g/mol. The Morgan fingerprint density at radius 2 is 2.08 bits per heavy atom. The van der Waals surface area contributed by atoms with Crippen molar-refractivity contribution in [1.29, 1.82) is 0 Å². The average Bonchev–Trinajstić information content (AvgIpc) is 2.50. The molecule has 24 heavy (non-hydrogen) atoms. The molecule has 0 aliphatic carbocycles. The Hall–Kier alpha value is -1.79. The number of methoxy groups -OCH3 is 1. The van der Waals surface area contributed by atoms with E-state index in [1.807, 2.05) is 4.90 Å². The number of carbonyl (C=O) groups is 1. The highest BCUT2D eigenvalue weighted by Crippen LogP contribution is 2.33. The van der Waals surface area contributed by atoms with E-state index < -0.39 is 12.0 Å². The van der Waals surface area contributed by atoms with Gasteiger partial charge in [-0.1, -0.05) is 19.9 Å². The highest BCUT2D eigenvalue weighted by atomic mass is 16.5. The van der Waals surface area contributed by atoms with Crippen molar-refractivity contribution in [2.24, 2.45) is 5.92 Å². The van der Waals surface area contributed by atoms with Gasteiger partial charge in [-0.15, -0.1) is 0 Å². The van der Waals surface area contributed by atoms with E-state index in [1.54, 1.807) is 12.1 Å². The van der Waals surface area contributed by atoms with Crippen molar-refractivity contribution in [2.45, 2.75) is 32.9 Å². The Bertz CT molecular complexity index is 576. The van der Waals surface area contributed by atoms with Gasteiger partial charge in [-0.25, -0.2) is 0 Å². The fraction of sp³-hybridized carbons (Fsp3) is 0.611.